The lowest BCUT2D eigenvalue weighted by Crippen LogP contribution is -2.34. The average Bonchev–Trinajstić information content (AvgIpc) is 2.95. The first-order valence-electron chi connectivity index (χ1n) is 6.48. The number of rotatable bonds is 3. The highest BCUT2D eigenvalue weighted by molar-refractivity contribution is 5.72. The first kappa shape index (κ1) is 12.6. The standard InChI is InChI=1S/C12H15N5O3/c1-7-5-8(14-13-7)6-16-12(20)17-9(11(18)19)3-2-4-10(17)15-16/h5,9H,2-4,6H2,1H3,(H,13,14)(H,18,19)/t9-/m0/s1. The number of aromatic amines is 1. The number of hydrogen-bond acceptors (Lipinski definition) is 4. The Hall–Kier alpha value is -2.38. The minimum absolute atomic E-state index is 0.246. The predicted molar refractivity (Wildman–Crippen MR) is 68.5 cm³/mol. The second-order valence-corrected chi connectivity index (χ2v) is 5.02. The highest BCUT2D eigenvalue weighted by Gasteiger charge is 2.30. The topological polar surface area (TPSA) is 106 Å². The zero-order valence-electron chi connectivity index (χ0n) is 11.0. The van der Waals surface area contributed by atoms with E-state index in [1.807, 2.05) is 13.0 Å². The Labute approximate surface area is 114 Å². The van der Waals surface area contributed by atoms with Gasteiger partial charge in [0.15, 0.2) is 0 Å². The number of nitrogens with zero attached hydrogens (tertiary/aromatic N) is 4. The molecule has 0 aromatic carbocycles. The molecule has 0 unspecified atom stereocenters. The summed E-state index contributed by atoms with van der Waals surface area (Å²) in [5.41, 5.74) is 1.22. The monoisotopic (exact) mass is 277 g/mol. The van der Waals surface area contributed by atoms with Crippen LogP contribution in [-0.2, 0) is 17.8 Å². The normalized spacial score (nSPS) is 17.9. The first-order valence-corrected chi connectivity index (χ1v) is 6.48. The fourth-order valence-corrected chi connectivity index (χ4v) is 2.58. The molecule has 2 aromatic heterocycles. The van der Waals surface area contributed by atoms with E-state index >= 15 is 0 Å². The van der Waals surface area contributed by atoms with Crippen molar-refractivity contribution >= 4 is 5.97 Å². The van der Waals surface area contributed by atoms with Crippen molar-refractivity contribution < 1.29 is 9.90 Å². The van der Waals surface area contributed by atoms with Crippen LogP contribution >= 0.6 is 0 Å². The van der Waals surface area contributed by atoms with Crippen molar-refractivity contribution in [2.75, 3.05) is 0 Å². The third-order valence-electron chi connectivity index (χ3n) is 3.49. The van der Waals surface area contributed by atoms with Crippen LogP contribution in [0.2, 0.25) is 0 Å². The van der Waals surface area contributed by atoms with Crippen LogP contribution in [0.25, 0.3) is 0 Å². The highest BCUT2D eigenvalue weighted by Crippen LogP contribution is 2.21. The Kier molecular flexibility index (Phi) is 2.92. The van der Waals surface area contributed by atoms with Crippen molar-refractivity contribution in [2.24, 2.45) is 0 Å². The minimum atomic E-state index is -0.983. The van der Waals surface area contributed by atoms with Gasteiger partial charge in [0.1, 0.15) is 11.9 Å². The largest absolute Gasteiger partial charge is 0.480 e. The second kappa shape index (κ2) is 4.62. The van der Waals surface area contributed by atoms with E-state index < -0.39 is 12.0 Å². The van der Waals surface area contributed by atoms with E-state index in [1.165, 1.54) is 9.25 Å². The Bertz CT molecular complexity index is 711. The minimum Gasteiger partial charge on any atom is -0.480 e. The third-order valence-corrected chi connectivity index (χ3v) is 3.49. The predicted octanol–water partition coefficient (Wildman–Crippen LogP) is 0.0866. The fourth-order valence-electron chi connectivity index (χ4n) is 2.58. The molecular weight excluding hydrogens is 262 g/mol. The Morgan fingerprint density at radius 1 is 1.60 bits per heavy atom. The van der Waals surface area contributed by atoms with Crippen LogP contribution in [0.1, 0.15) is 36.1 Å². The summed E-state index contributed by atoms with van der Waals surface area (Å²) >= 11 is 0. The summed E-state index contributed by atoms with van der Waals surface area (Å²) in [5.74, 6) is -0.441. The smallest absolute Gasteiger partial charge is 0.347 e. The van der Waals surface area contributed by atoms with Gasteiger partial charge in [0.25, 0.3) is 0 Å². The molecule has 3 heterocycles. The van der Waals surface area contributed by atoms with Crippen LogP contribution in [0, 0.1) is 6.92 Å². The molecule has 0 fully saturated rings. The van der Waals surface area contributed by atoms with Crippen LogP contribution in [-0.4, -0.2) is 35.6 Å². The van der Waals surface area contributed by atoms with Crippen molar-refractivity contribution in [3.63, 3.8) is 0 Å². The summed E-state index contributed by atoms with van der Waals surface area (Å²) in [6.45, 7) is 2.12. The van der Waals surface area contributed by atoms with Gasteiger partial charge in [0.05, 0.1) is 12.2 Å². The van der Waals surface area contributed by atoms with Gasteiger partial charge in [-0.1, -0.05) is 0 Å². The lowest BCUT2D eigenvalue weighted by atomic mass is 10.1. The van der Waals surface area contributed by atoms with Crippen LogP contribution in [0.5, 0.6) is 0 Å². The number of hydrogen-bond donors (Lipinski definition) is 2. The number of carboxylic acids is 1. The number of nitrogens with one attached hydrogen (secondary N) is 1. The number of carboxylic acid groups (broad SMARTS) is 1. The lowest BCUT2D eigenvalue weighted by molar-refractivity contribution is -0.141. The zero-order valence-corrected chi connectivity index (χ0v) is 11.0. The molecule has 0 spiro atoms. The summed E-state index contributed by atoms with van der Waals surface area (Å²) in [6, 6.07) is 1.03. The van der Waals surface area contributed by atoms with Gasteiger partial charge in [-0.3, -0.25) is 9.67 Å². The third kappa shape index (κ3) is 2.02. The molecule has 2 N–H and O–H groups in total. The lowest BCUT2D eigenvalue weighted by Gasteiger charge is -2.19. The van der Waals surface area contributed by atoms with Crippen molar-refractivity contribution in [3.8, 4) is 0 Å². The van der Waals surface area contributed by atoms with Crippen molar-refractivity contribution in [1.29, 1.82) is 0 Å². The molecule has 1 aliphatic heterocycles. The summed E-state index contributed by atoms with van der Waals surface area (Å²) in [5, 5.41) is 20.3. The molecule has 0 radical (unpaired) electrons. The van der Waals surface area contributed by atoms with E-state index in [0.717, 1.165) is 12.1 Å². The number of aryl methyl sites for hydroxylation is 2. The Morgan fingerprint density at radius 3 is 3.05 bits per heavy atom. The zero-order chi connectivity index (χ0) is 14.3. The van der Waals surface area contributed by atoms with Crippen molar-refractivity contribution in [1.82, 2.24) is 24.5 Å². The highest BCUT2D eigenvalue weighted by atomic mass is 16.4. The quantitative estimate of drug-likeness (QED) is 0.826. The molecule has 8 heteroatoms. The molecule has 0 amide bonds. The molecule has 0 aliphatic carbocycles. The number of fused-ring (bicyclic) bond motifs is 1. The Morgan fingerprint density at radius 2 is 2.40 bits per heavy atom. The summed E-state index contributed by atoms with van der Waals surface area (Å²) in [7, 11) is 0. The summed E-state index contributed by atoms with van der Waals surface area (Å²) in [6.07, 6.45) is 1.83. The van der Waals surface area contributed by atoms with Crippen LogP contribution in [0.3, 0.4) is 0 Å². The molecular formula is C12H15N5O3. The van der Waals surface area contributed by atoms with Gasteiger partial charge in [0.2, 0.25) is 0 Å². The molecule has 106 valence electrons. The molecule has 3 rings (SSSR count). The van der Waals surface area contributed by atoms with Crippen LogP contribution < -0.4 is 5.69 Å². The molecule has 0 bridgehead atoms. The van der Waals surface area contributed by atoms with Crippen molar-refractivity contribution in [2.45, 2.75) is 38.8 Å². The number of carbonyl (C=O) groups is 1. The van der Waals surface area contributed by atoms with Gasteiger partial charge in [-0.2, -0.15) is 10.2 Å². The maximum Gasteiger partial charge on any atom is 0.347 e. The van der Waals surface area contributed by atoms with Gasteiger partial charge in [0, 0.05) is 12.1 Å². The Balaban J connectivity index is 1.98. The molecule has 0 saturated carbocycles. The molecule has 20 heavy (non-hydrogen) atoms. The maximum atomic E-state index is 12.3. The molecule has 2 aromatic rings. The average molecular weight is 277 g/mol. The van der Waals surface area contributed by atoms with Crippen LogP contribution in [0.4, 0.5) is 0 Å². The number of aromatic nitrogens is 5. The molecule has 1 aliphatic rings. The van der Waals surface area contributed by atoms with Gasteiger partial charge >= 0.3 is 11.7 Å². The van der Waals surface area contributed by atoms with E-state index in [2.05, 4.69) is 15.3 Å². The molecule has 0 saturated heterocycles. The molecule has 1 atom stereocenters. The SMILES string of the molecule is Cc1cc(Cn2nc3n(c2=O)[C@H](C(=O)O)CCC3)n[nH]1. The van der Waals surface area contributed by atoms with E-state index in [1.54, 1.807) is 0 Å². The van der Waals surface area contributed by atoms with E-state index in [-0.39, 0.29) is 12.2 Å². The fraction of sp³-hybridized carbons (Fsp3) is 0.500. The van der Waals surface area contributed by atoms with Gasteiger partial charge in [-0.25, -0.2) is 14.3 Å². The van der Waals surface area contributed by atoms with Gasteiger partial charge in [-0.15, -0.1) is 0 Å². The van der Waals surface area contributed by atoms with Crippen LogP contribution in [0.15, 0.2) is 10.9 Å². The number of H-pyrrole nitrogens is 1. The van der Waals surface area contributed by atoms with Gasteiger partial charge < -0.3 is 5.11 Å². The number of aliphatic carboxylic acids is 1. The van der Waals surface area contributed by atoms with Gasteiger partial charge in [-0.05, 0) is 25.8 Å². The van der Waals surface area contributed by atoms with E-state index in [0.29, 0.717) is 24.4 Å². The second-order valence-electron chi connectivity index (χ2n) is 5.02. The van der Waals surface area contributed by atoms with Crippen molar-refractivity contribution in [3.05, 3.63) is 33.8 Å². The molecule has 8 nitrogen and oxygen atoms in total. The maximum absolute atomic E-state index is 12.3. The van der Waals surface area contributed by atoms with E-state index in [4.69, 9.17) is 0 Å². The summed E-state index contributed by atoms with van der Waals surface area (Å²) < 4.78 is 2.58. The summed E-state index contributed by atoms with van der Waals surface area (Å²) in [4.78, 5) is 23.5. The van der Waals surface area contributed by atoms with E-state index in [9.17, 15) is 14.7 Å². The first-order chi connectivity index (χ1) is 9.56.